The molecule has 0 unspecified atom stereocenters. The molecule has 1 aromatic heterocycles. The number of carbonyl (C=O) groups is 3. The average Bonchev–Trinajstić information content (AvgIpc) is 3.59. The van der Waals surface area contributed by atoms with Gasteiger partial charge in [-0.1, -0.05) is 53.8 Å². The summed E-state index contributed by atoms with van der Waals surface area (Å²) in [6.45, 7) is 5.60. The van der Waals surface area contributed by atoms with E-state index in [0.717, 1.165) is 12.1 Å². The molecule has 3 N–H and O–H groups in total. The number of aryl methyl sites for hydroxylation is 1. The molecule has 0 aliphatic carbocycles. The molecule has 53 heavy (non-hydrogen) atoms. The molecular weight excluding hydrogens is 674 g/mol. The minimum absolute atomic E-state index is 0.0150. The third kappa shape index (κ3) is 9.41. The van der Waals surface area contributed by atoms with Crippen LogP contribution in [-0.2, 0) is 25.6 Å². The van der Waals surface area contributed by atoms with E-state index in [-0.39, 0.29) is 31.5 Å². The Labute approximate surface area is 309 Å². The number of ether oxygens (including phenoxy) is 2. The van der Waals surface area contributed by atoms with Crippen LogP contribution in [0.1, 0.15) is 28.3 Å². The fraction of sp³-hybridized carbons (Fsp3) is 0.350. The van der Waals surface area contributed by atoms with Gasteiger partial charge in [-0.25, -0.2) is 4.79 Å². The number of likely N-dealkylation sites (N-methyl/N-ethyl adjacent to an activating group) is 1. The maximum atomic E-state index is 14.1. The van der Waals surface area contributed by atoms with Crippen LogP contribution in [0.2, 0.25) is 0 Å². The number of aromatic hydroxyl groups is 1. The predicted octanol–water partition coefficient (Wildman–Crippen LogP) is 3.47. The van der Waals surface area contributed by atoms with E-state index in [2.05, 4.69) is 27.4 Å². The van der Waals surface area contributed by atoms with Crippen molar-refractivity contribution in [1.82, 2.24) is 29.8 Å². The topological polar surface area (TPSA) is 142 Å². The average molecular weight is 720 g/mol. The van der Waals surface area contributed by atoms with Crippen molar-refractivity contribution in [2.45, 2.75) is 25.6 Å². The van der Waals surface area contributed by atoms with Crippen molar-refractivity contribution in [1.29, 1.82) is 0 Å². The molecule has 13 heteroatoms. The van der Waals surface area contributed by atoms with E-state index >= 15 is 0 Å². The molecular formula is C40H45N7O6. The number of amides is 4. The number of urea groups is 1. The smallest absolute Gasteiger partial charge is 0.318 e. The SMILES string of the molecule is Cc1ccc(O)c(-c2nn(CCN(C)C)cc2C#Cc2ccc(NC(=O)[C@H]3COCCN3C(=O)[C@@H](NC(=O)N3CCOCC3)c3ccccc3)cc2)c1. The van der Waals surface area contributed by atoms with E-state index in [9.17, 15) is 19.5 Å². The number of aromatic nitrogens is 2. The zero-order valence-corrected chi connectivity index (χ0v) is 30.2. The molecule has 276 valence electrons. The second-order valence-corrected chi connectivity index (χ2v) is 13.3. The highest BCUT2D eigenvalue weighted by Crippen LogP contribution is 2.31. The maximum Gasteiger partial charge on any atom is 0.318 e. The van der Waals surface area contributed by atoms with E-state index in [4.69, 9.17) is 14.6 Å². The minimum Gasteiger partial charge on any atom is -0.507 e. The highest BCUT2D eigenvalue weighted by atomic mass is 16.5. The van der Waals surface area contributed by atoms with Crippen molar-refractivity contribution in [3.8, 4) is 28.8 Å². The number of benzene rings is 3. The lowest BCUT2D eigenvalue weighted by Gasteiger charge is -2.37. The number of phenolic OH excluding ortho intramolecular Hbond substituents is 1. The standard InChI is InChI=1S/C40H45N7O6/c1-28-9-16-35(48)33(25-28)36-31(26-46(43-36)18-17-44(2)3)13-10-29-11-14-32(15-12-29)41-38(49)34-27-53-24-21-47(34)39(50)37(30-7-5-4-6-8-30)42-40(51)45-19-22-52-23-20-45/h4-9,11-12,14-16,25-26,34,37,48H,17-24,27H2,1-3H3,(H,41,49)(H,42,51)/t34-,37+/m1/s1. The summed E-state index contributed by atoms with van der Waals surface area (Å²) in [7, 11) is 4.00. The Morgan fingerprint density at radius 1 is 0.962 bits per heavy atom. The van der Waals surface area contributed by atoms with Crippen LogP contribution in [0.4, 0.5) is 10.5 Å². The summed E-state index contributed by atoms with van der Waals surface area (Å²) in [5.41, 5.74) is 4.75. The lowest BCUT2D eigenvalue weighted by Crippen LogP contribution is -2.58. The summed E-state index contributed by atoms with van der Waals surface area (Å²) in [5, 5.41) is 21.2. The van der Waals surface area contributed by atoms with Crippen LogP contribution in [0, 0.1) is 18.8 Å². The van der Waals surface area contributed by atoms with Gasteiger partial charge in [0.1, 0.15) is 23.5 Å². The summed E-state index contributed by atoms with van der Waals surface area (Å²) in [6, 6.07) is 19.3. The van der Waals surface area contributed by atoms with Crippen LogP contribution in [-0.4, -0.2) is 120 Å². The fourth-order valence-electron chi connectivity index (χ4n) is 6.14. The Balaban J connectivity index is 1.16. The molecule has 0 saturated carbocycles. The quantitative estimate of drug-likeness (QED) is 0.224. The molecule has 13 nitrogen and oxygen atoms in total. The van der Waals surface area contributed by atoms with Gasteiger partial charge < -0.3 is 39.9 Å². The van der Waals surface area contributed by atoms with Crippen molar-refractivity contribution >= 4 is 23.5 Å². The Bertz CT molecular complexity index is 1960. The number of hydrogen-bond donors (Lipinski definition) is 3. The maximum absolute atomic E-state index is 14.1. The van der Waals surface area contributed by atoms with Gasteiger partial charge in [-0.05, 0) is 63.0 Å². The van der Waals surface area contributed by atoms with Crippen LogP contribution >= 0.6 is 0 Å². The third-order valence-electron chi connectivity index (χ3n) is 9.10. The molecule has 3 heterocycles. The summed E-state index contributed by atoms with van der Waals surface area (Å²) in [4.78, 5) is 46.2. The molecule has 2 saturated heterocycles. The molecule has 2 aliphatic heterocycles. The number of nitrogens with zero attached hydrogens (tertiary/aromatic N) is 5. The van der Waals surface area contributed by atoms with Crippen molar-refractivity contribution in [2.24, 2.45) is 0 Å². The van der Waals surface area contributed by atoms with E-state index in [1.54, 1.807) is 59.5 Å². The summed E-state index contributed by atoms with van der Waals surface area (Å²) >= 11 is 0. The highest BCUT2D eigenvalue weighted by Gasteiger charge is 2.38. The van der Waals surface area contributed by atoms with Crippen molar-refractivity contribution < 1.29 is 29.0 Å². The normalized spacial score (nSPS) is 16.4. The largest absolute Gasteiger partial charge is 0.507 e. The van der Waals surface area contributed by atoms with Crippen molar-refractivity contribution in [3.05, 3.63) is 101 Å². The molecule has 4 aromatic rings. The summed E-state index contributed by atoms with van der Waals surface area (Å²) in [6.07, 6.45) is 1.89. The molecule has 4 amide bonds. The van der Waals surface area contributed by atoms with Gasteiger partial charge in [0.15, 0.2) is 0 Å². The monoisotopic (exact) mass is 719 g/mol. The second kappa shape index (κ2) is 17.2. The Morgan fingerprint density at radius 3 is 2.43 bits per heavy atom. The zero-order chi connectivity index (χ0) is 37.3. The van der Waals surface area contributed by atoms with Crippen LogP contribution < -0.4 is 10.6 Å². The number of morpholine rings is 2. The summed E-state index contributed by atoms with van der Waals surface area (Å²) in [5.74, 6) is 5.75. The Kier molecular flexibility index (Phi) is 12.1. The van der Waals surface area contributed by atoms with E-state index in [0.29, 0.717) is 66.5 Å². The Morgan fingerprint density at radius 2 is 1.70 bits per heavy atom. The van der Waals surface area contributed by atoms with E-state index < -0.39 is 23.9 Å². The minimum atomic E-state index is -0.992. The molecule has 2 atom stereocenters. The van der Waals surface area contributed by atoms with Gasteiger partial charge in [-0.2, -0.15) is 5.10 Å². The molecule has 6 rings (SSSR count). The molecule has 0 spiro atoms. The van der Waals surface area contributed by atoms with Gasteiger partial charge in [0, 0.05) is 49.2 Å². The van der Waals surface area contributed by atoms with Crippen LogP contribution in [0.25, 0.3) is 11.3 Å². The van der Waals surface area contributed by atoms with Gasteiger partial charge >= 0.3 is 6.03 Å². The molecule has 3 aromatic carbocycles. The molecule has 2 aliphatic rings. The van der Waals surface area contributed by atoms with Crippen LogP contribution in [0.15, 0.2) is 79.0 Å². The first-order valence-corrected chi connectivity index (χ1v) is 17.7. The summed E-state index contributed by atoms with van der Waals surface area (Å²) < 4.78 is 12.9. The first-order valence-electron chi connectivity index (χ1n) is 17.7. The van der Waals surface area contributed by atoms with Gasteiger partial charge in [-0.15, -0.1) is 0 Å². The number of anilines is 1. The number of phenols is 1. The van der Waals surface area contributed by atoms with Crippen LogP contribution in [0.3, 0.4) is 0 Å². The van der Waals surface area contributed by atoms with Gasteiger partial charge in [0.25, 0.3) is 5.91 Å². The third-order valence-corrected chi connectivity index (χ3v) is 9.10. The molecule has 0 bridgehead atoms. The van der Waals surface area contributed by atoms with E-state index in [1.165, 1.54) is 4.90 Å². The Hall–Kier alpha value is -5.68. The second-order valence-electron chi connectivity index (χ2n) is 13.3. The molecule has 2 fully saturated rings. The predicted molar refractivity (Wildman–Crippen MR) is 200 cm³/mol. The van der Waals surface area contributed by atoms with Gasteiger partial charge in [0.2, 0.25) is 5.91 Å². The fourth-order valence-corrected chi connectivity index (χ4v) is 6.14. The van der Waals surface area contributed by atoms with Crippen molar-refractivity contribution in [2.75, 3.05) is 72.0 Å². The number of hydrogen-bond acceptors (Lipinski definition) is 8. The number of rotatable bonds is 9. The first-order chi connectivity index (χ1) is 25.7. The van der Waals surface area contributed by atoms with Crippen molar-refractivity contribution in [3.63, 3.8) is 0 Å². The van der Waals surface area contributed by atoms with E-state index in [1.807, 2.05) is 50.1 Å². The number of carbonyl (C=O) groups excluding carboxylic acids is 3. The van der Waals surface area contributed by atoms with Gasteiger partial charge in [0.05, 0.1) is 38.5 Å². The highest BCUT2D eigenvalue weighted by molar-refractivity contribution is 5.99. The van der Waals surface area contributed by atoms with Gasteiger partial charge in [-0.3, -0.25) is 14.3 Å². The number of nitrogens with one attached hydrogen (secondary N) is 2. The lowest BCUT2D eigenvalue weighted by molar-refractivity contribution is -0.148. The first kappa shape index (κ1) is 37.1. The zero-order valence-electron chi connectivity index (χ0n) is 30.2. The van der Waals surface area contributed by atoms with Crippen LogP contribution in [0.5, 0.6) is 5.75 Å². The molecule has 0 radical (unpaired) electrons. The lowest BCUT2D eigenvalue weighted by atomic mass is 10.0.